The van der Waals surface area contributed by atoms with E-state index in [1.54, 1.807) is 4.90 Å². The van der Waals surface area contributed by atoms with Gasteiger partial charge in [0.2, 0.25) is 15.9 Å². The van der Waals surface area contributed by atoms with Gasteiger partial charge in [-0.25, -0.2) is 13.6 Å². The monoisotopic (exact) mass is 296 g/mol. The molecule has 1 unspecified atom stereocenters. The van der Waals surface area contributed by atoms with Crippen LogP contribution < -0.4 is 5.14 Å². The van der Waals surface area contributed by atoms with Crippen LogP contribution in [0.3, 0.4) is 0 Å². The van der Waals surface area contributed by atoms with Crippen molar-refractivity contribution in [1.29, 1.82) is 0 Å². The van der Waals surface area contributed by atoms with E-state index in [4.69, 9.17) is 5.14 Å². The number of carbonyl (C=O) groups is 1. The highest BCUT2D eigenvalue weighted by atomic mass is 32.2. The van der Waals surface area contributed by atoms with E-state index >= 15 is 0 Å². The molecule has 0 spiro atoms. The second kappa shape index (κ2) is 5.18. The molecule has 1 amide bonds. The summed E-state index contributed by atoms with van der Waals surface area (Å²) in [5.74, 6) is -0.150. The van der Waals surface area contributed by atoms with Crippen LogP contribution in [-0.2, 0) is 21.4 Å². The molecular weight excluding hydrogens is 276 g/mol. The molecule has 5 nitrogen and oxygen atoms in total. The summed E-state index contributed by atoms with van der Waals surface area (Å²) in [6.07, 6.45) is -0.0111. The molecule has 2 rings (SSSR count). The van der Waals surface area contributed by atoms with Gasteiger partial charge in [0, 0.05) is 19.5 Å². The van der Waals surface area contributed by atoms with Crippen molar-refractivity contribution in [3.63, 3.8) is 0 Å². The van der Waals surface area contributed by atoms with Gasteiger partial charge in [-0.2, -0.15) is 0 Å². The van der Waals surface area contributed by atoms with E-state index in [0.29, 0.717) is 6.54 Å². The van der Waals surface area contributed by atoms with E-state index in [2.05, 4.69) is 12.1 Å². The summed E-state index contributed by atoms with van der Waals surface area (Å²) in [7, 11) is -3.65. The lowest BCUT2D eigenvalue weighted by Gasteiger charge is -2.20. The lowest BCUT2D eigenvalue weighted by Crippen LogP contribution is -2.32. The molecule has 2 N–H and O–H groups in total. The topological polar surface area (TPSA) is 80.5 Å². The zero-order valence-electron chi connectivity index (χ0n) is 12.0. The number of likely N-dealkylation sites (tertiary alicyclic amines) is 1. The standard InChI is InChI=1S/C14H20N2O3S/c1-9-4-10(2)13(11(3)5-9)8-16-7-12(6-14(16)17)20(15,18)19/h4-5,12H,6-8H2,1-3H3,(H2,15,18,19). The molecule has 1 fully saturated rings. The molecular formula is C14H20N2O3S. The first-order chi connectivity index (χ1) is 9.18. The molecule has 1 aliphatic rings. The van der Waals surface area contributed by atoms with Crippen molar-refractivity contribution in [3.05, 3.63) is 34.4 Å². The van der Waals surface area contributed by atoms with Gasteiger partial charge in [0.1, 0.15) is 5.25 Å². The Bertz CT molecular complexity index is 629. The van der Waals surface area contributed by atoms with Gasteiger partial charge in [-0.05, 0) is 37.5 Å². The van der Waals surface area contributed by atoms with Crippen molar-refractivity contribution in [3.8, 4) is 0 Å². The van der Waals surface area contributed by atoms with Crippen LogP contribution in [0, 0.1) is 20.8 Å². The molecule has 1 aromatic rings. The summed E-state index contributed by atoms with van der Waals surface area (Å²) >= 11 is 0. The summed E-state index contributed by atoms with van der Waals surface area (Å²) in [4.78, 5) is 13.5. The Balaban J connectivity index is 2.22. The van der Waals surface area contributed by atoms with Crippen LogP contribution in [-0.4, -0.2) is 31.0 Å². The predicted molar refractivity (Wildman–Crippen MR) is 77.6 cm³/mol. The Kier molecular flexibility index (Phi) is 3.88. The molecule has 1 atom stereocenters. The Morgan fingerprint density at radius 3 is 2.25 bits per heavy atom. The molecule has 1 aliphatic heterocycles. The first-order valence-electron chi connectivity index (χ1n) is 6.54. The number of benzene rings is 1. The van der Waals surface area contributed by atoms with Gasteiger partial charge in [0.05, 0.1) is 0 Å². The van der Waals surface area contributed by atoms with Crippen LogP contribution in [0.4, 0.5) is 0 Å². The molecule has 20 heavy (non-hydrogen) atoms. The highest BCUT2D eigenvalue weighted by Gasteiger charge is 2.36. The first kappa shape index (κ1) is 15.0. The third kappa shape index (κ3) is 3.02. The third-order valence-electron chi connectivity index (χ3n) is 3.83. The zero-order valence-corrected chi connectivity index (χ0v) is 12.8. The van der Waals surface area contributed by atoms with Crippen molar-refractivity contribution in [2.75, 3.05) is 6.54 Å². The smallest absolute Gasteiger partial charge is 0.224 e. The molecule has 110 valence electrons. The third-order valence-corrected chi connectivity index (χ3v) is 5.08. The molecule has 1 saturated heterocycles. The molecule has 0 aliphatic carbocycles. The Morgan fingerprint density at radius 2 is 1.80 bits per heavy atom. The quantitative estimate of drug-likeness (QED) is 0.903. The Morgan fingerprint density at radius 1 is 1.25 bits per heavy atom. The second-order valence-corrected chi connectivity index (χ2v) is 7.41. The highest BCUT2D eigenvalue weighted by molar-refractivity contribution is 7.89. The second-order valence-electron chi connectivity index (χ2n) is 5.57. The van der Waals surface area contributed by atoms with Crippen LogP contribution in [0.1, 0.15) is 28.7 Å². The number of nitrogens with two attached hydrogens (primary N) is 1. The summed E-state index contributed by atoms with van der Waals surface area (Å²) < 4.78 is 22.7. The number of nitrogens with zero attached hydrogens (tertiary/aromatic N) is 1. The van der Waals surface area contributed by atoms with Crippen LogP contribution in [0.25, 0.3) is 0 Å². The van der Waals surface area contributed by atoms with Crippen molar-refractivity contribution in [2.24, 2.45) is 5.14 Å². The number of amides is 1. The largest absolute Gasteiger partial charge is 0.337 e. The normalized spacial score (nSPS) is 19.7. The minimum absolute atomic E-state index is 0.0111. The van der Waals surface area contributed by atoms with Crippen molar-refractivity contribution >= 4 is 15.9 Å². The Hall–Kier alpha value is -1.40. The highest BCUT2D eigenvalue weighted by Crippen LogP contribution is 2.23. The van der Waals surface area contributed by atoms with Gasteiger partial charge in [0.25, 0.3) is 0 Å². The van der Waals surface area contributed by atoms with Gasteiger partial charge in [0.15, 0.2) is 0 Å². The average Bonchev–Trinajstić information content (AvgIpc) is 2.65. The number of hydrogen-bond donors (Lipinski definition) is 1. The van der Waals surface area contributed by atoms with Gasteiger partial charge >= 0.3 is 0 Å². The van der Waals surface area contributed by atoms with Crippen LogP contribution >= 0.6 is 0 Å². The molecule has 6 heteroatoms. The van der Waals surface area contributed by atoms with E-state index in [9.17, 15) is 13.2 Å². The number of sulfonamides is 1. The lowest BCUT2D eigenvalue weighted by molar-refractivity contribution is -0.128. The molecule has 1 aromatic carbocycles. The van der Waals surface area contributed by atoms with Gasteiger partial charge < -0.3 is 4.90 Å². The number of hydrogen-bond acceptors (Lipinski definition) is 3. The first-order valence-corrected chi connectivity index (χ1v) is 8.15. The van der Waals surface area contributed by atoms with Crippen molar-refractivity contribution in [1.82, 2.24) is 4.90 Å². The minimum atomic E-state index is -3.65. The molecule has 0 aromatic heterocycles. The summed E-state index contributed by atoms with van der Waals surface area (Å²) in [6.45, 7) is 6.68. The SMILES string of the molecule is Cc1cc(C)c(CN2CC(S(N)(=O)=O)CC2=O)c(C)c1. The summed E-state index contributed by atoms with van der Waals surface area (Å²) in [5, 5.41) is 4.35. The number of aryl methyl sites for hydroxylation is 3. The van der Waals surface area contributed by atoms with Gasteiger partial charge in [-0.1, -0.05) is 17.7 Å². The van der Waals surface area contributed by atoms with E-state index < -0.39 is 15.3 Å². The van der Waals surface area contributed by atoms with Crippen molar-refractivity contribution < 1.29 is 13.2 Å². The maximum Gasteiger partial charge on any atom is 0.224 e. The van der Waals surface area contributed by atoms with E-state index in [1.807, 2.05) is 20.8 Å². The van der Waals surface area contributed by atoms with E-state index in [0.717, 1.165) is 16.7 Å². The minimum Gasteiger partial charge on any atom is -0.337 e. The van der Waals surface area contributed by atoms with E-state index in [-0.39, 0.29) is 18.9 Å². The van der Waals surface area contributed by atoms with E-state index in [1.165, 1.54) is 5.56 Å². The average molecular weight is 296 g/mol. The number of primary sulfonamides is 1. The fourth-order valence-electron chi connectivity index (χ4n) is 2.76. The summed E-state index contributed by atoms with van der Waals surface area (Å²) in [6, 6.07) is 4.14. The van der Waals surface area contributed by atoms with Crippen molar-refractivity contribution in [2.45, 2.75) is 39.0 Å². The fraction of sp³-hybridized carbons (Fsp3) is 0.500. The summed E-state index contributed by atoms with van der Waals surface area (Å²) in [5.41, 5.74) is 4.50. The predicted octanol–water partition coefficient (Wildman–Crippen LogP) is 1.00. The lowest BCUT2D eigenvalue weighted by atomic mass is 9.99. The molecule has 0 radical (unpaired) electrons. The molecule has 0 saturated carbocycles. The van der Waals surface area contributed by atoms with Gasteiger partial charge in [-0.15, -0.1) is 0 Å². The Labute approximate surface area is 119 Å². The fourth-order valence-corrected chi connectivity index (χ4v) is 3.52. The number of rotatable bonds is 3. The number of carbonyl (C=O) groups excluding carboxylic acids is 1. The maximum atomic E-state index is 11.9. The molecule has 1 heterocycles. The van der Waals surface area contributed by atoms with Crippen LogP contribution in [0.15, 0.2) is 12.1 Å². The van der Waals surface area contributed by atoms with Crippen LogP contribution in [0.2, 0.25) is 0 Å². The van der Waals surface area contributed by atoms with Crippen LogP contribution in [0.5, 0.6) is 0 Å². The maximum absolute atomic E-state index is 11.9. The van der Waals surface area contributed by atoms with Gasteiger partial charge in [-0.3, -0.25) is 4.79 Å². The zero-order chi connectivity index (χ0) is 15.1. The molecule has 0 bridgehead atoms.